The molecule has 4 aliphatic rings. The fourth-order valence-corrected chi connectivity index (χ4v) is 12.1. The van der Waals surface area contributed by atoms with Crippen LogP contribution in [0.5, 0.6) is 5.88 Å². The zero-order valence-corrected chi connectivity index (χ0v) is 59.6. The molecule has 0 saturated heterocycles. The Morgan fingerprint density at radius 3 is 1.19 bits per heavy atom. The molecule has 30 nitrogen and oxygen atoms in total. The highest BCUT2D eigenvalue weighted by Gasteiger charge is 2.50. The summed E-state index contributed by atoms with van der Waals surface area (Å²) in [6.45, 7) is 21.2. The van der Waals surface area contributed by atoms with Gasteiger partial charge in [-0.05, 0) is 66.5 Å². The summed E-state index contributed by atoms with van der Waals surface area (Å²) in [6.07, 6.45) is 16.0. The summed E-state index contributed by atoms with van der Waals surface area (Å²) < 4.78 is 14.7. The molecule has 4 fully saturated rings. The number of aromatic nitrogens is 12. The Morgan fingerprint density at radius 1 is 0.486 bits per heavy atom. The van der Waals surface area contributed by atoms with Crippen LogP contribution in [0, 0.1) is 72.9 Å². The minimum Gasteiger partial charge on any atom is -0.481 e. The maximum absolute atomic E-state index is 9.94. The van der Waals surface area contributed by atoms with Gasteiger partial charge in [0.15, 0.2) is 0 Å². The van der Waals surface area contributed by atoms with E-state index in [1.807, 2.05) is 65.9 Å². The number of anilines is 8. The monoisotopic (exact) mass is 1440 g/mol. The number of para-hydroxylation sites is 1. The predicted molar refractivity (Wildman–Crippen MR) is 410 cm³/mol. The summed E-state index contributed by atoms with van der Waals surface area (Å²) in [5.74, 6) is 5.19. The van der Waals surface area contributed by atoms with Gasteiger partial charge >= 0.3 is 0 Å². The van der Waals surface area contributed by atoms with E-state index in [-0.39, 0.29) is 78.7 Å². The first-order valence-corrected chi connectivity index (χ1v) is 34.4. The van der Waals surface area contributed by atoms with Crippen molar-refractivity contribution in [1.82, 2.24) is 60.2 Å². The summed E-state index contributed by atoms with van der Waals surface area (Å²) in [5, 5.41) is 102. The number of nitriles is 4. The molecule has 9 aromatic rings. The van der Waals surface area contributed by atoms with Crippen molar-refractivity contribution in [3.8, 4) is 30.2 Å². The van der Waals surface area contributed by atoms with E-state index in [0.717, 1.165) is 41.9 Å². The number of methoxy groups -OCH3 is 1. The van der Waals surface area contributed by atoms with Crippen LogP contribution in [-0.4, -0.2) is 151 Å². The first-order chi connectivity index (χ1) is 49.4. The lowest BCUT2D eigenvalue weighted by molar-refractivity contribution is -0.0512. The highest BCUT2D eigenvalue weighted by molar-refractivity contribution is 5.82. The number of pyridine rings is 1. The van der Waals surface area contributed by atoms with E-state index in [2.05, 4.69) is 172 Å². The average Bonchev–Trinajstić information content (AvgIpc) is 1.76. The Hall–Kier alpha value is -11.3. The molecule has 0 amide bonds. The molecule has 8 heterocycles. The fraction of sp³-hybridized carbons (Fsp3) is 0.480. The van der Waals surface area contributed by atoms with Crippen LogP contribution in [-0.2, 0) is 25.7 Å². The van der Waals surface area contributed by atoms with Crippen LogP contribution in [0.1, 0.15) is 153 Å². The maximum atomic E-state index is 9.94. The predicted octanol–water partition coefficient (Wildman–Crippen LogP) is 11.7. The Balaban J connectivity index is 0.000000302. The normalized spacial score (nSPS) is 20.5. The SMILES string of the molecule is C.C.CC1(C)[C@@H](O)C[C@H]1Nc1nc(NCCc2cccc3cc[nH]c23)ncc1C#N.CC1(C)[C@@H](O)C[C@H]1Nc1nc(NCCc2ccon2)ncc1C#N.COc1cccc(CCNc2ncc(C#N)c(N[C@@H]3C[C@H](O)C3(C)C)n2)n1.C[C@H]1C[C@@H](Nc2nc(NCCc3ccon3)ncc2C#N)C1(C)C.[HH].[HH].[HH].[HH]. The largest absolute Gasteiger partial charge is 0.481 e. The minimum absolute atomic E-state index is 0. The van der Waals surface area contributed by atoms with Gasteiger partial charge in [-0.3, -0.25) is 0 Å². The molecule has 4 saturated carbocycles. The number of fused-ring (bicyclic) bond motifs is 1. The molecule has 4 aliphatic carbocycles. The Kier molecular flexibility index (Phi) is 26.7. The number of hydrogen-bond donors (Lipinski definition) is 12. The van der Waals surface area contributed by atoms with E-state index in [9.17, 15) is 36.4 Å². The van der Waals surface area contributed by atoms with Crippen molar-refractivity contribution in [2.45, 2.75) is 171 Å². The Bertz CT molecular complexity index is 4380. The zero-order valence-electron chi connectivity index (χ0n) is 59.6. The number of benzene rings is 1. The minimum atomic E-state index is -0.352. The molecule has 105 heavy (non-hydrogen) atoms. The van der Waals surface area contributed by atoms with Crippen molar-refractivity contribution >= 4 is 58.0 Å². The van der Waals surface area contributed by atoms with E-state index in [4.69, 9.17) is 13.8 Å². The maximum Gasteiger partial charge on any atom is 0.224 e. The smallest absolute Gasteiger partial charge is 0.224 e. The number of rotatable bonds is 25. The van der Waals surface area contributed by atoms with Crippen LogP contribution in [0.15, 0.2) is 107 Å². The van der Waals surface area contributed by atoms with Gasteiger partial charge in [-0.25, -0.2) is 24.9 Å². The lowest BCUT2D eigenvalue weighted by Gasteiger charge is -2.51. The third-order valence-corrected chi connectivity index (χ3v) is 20.6. The first-order valence-electron chi connectivity index (χ1n) is 34.4. The van der Waals surface area contributed by atoms with Gasteiger partial charge in [0, 0.05) is 127 Å². The topological polar surface area (TPSA) is 445 Å². The van der Waals surface area contributed by atoms with E-state index >= 15 is 0 Å². The highest BCUT2D eigenvalue weighted by atomic mass is 16.5. The quantitative estimate of drug-likeness (QED) is 0.0253. The zero-order chi connectivity index (χ0) is 73.5. The third kappa shape index (κ3) is 19.3. The molecule has 1 aromatic carbocycles. The van der Waals surface area contributed by atoms with Crippen molar-refractivity contribution in [1.29, 1.82) is 21.0 Å². The molecule has 12 N–H and O–H groups in total. The summed E-state index contributed by atoms with van der Waals surface area (Å²) in [7, 11) is 1.59. The number of aliphatic hydroxyl groups is 3. The van der Waals surface area contributed by atoms with E-state index in [0.29, 0.717) is 145 Å². The Labute approximate surface area is 619 Å². The second-order valence-electron chi connectivity index (χ2n) is 28.5. The molecule has 562 valence electrons. The lowest BCUT2D eigenvalue weighted by atomic mass is 9.59. The summed E-state index contributed by atoms with van der Waals surface area (Å²) in [5.41, 5.74) is 6.07. The van der Waals surface area contributed by atoms with Gasteiger partial charge in [-0.2, -0.15) is 41.0 Å². The first kappa shape index (κ1) is 79.4. The molecule has 8 aromatic heterocycles. The molecule has 0 unspecified atom stereocenters. The highest BCUT2D eigenvalue weighted by Crippen LogP contribution is 2.48. The standard InChI is InChI=1S/C21H24N6O.C19H24N6O2.C17H22N6O.C16H20N6O2.2CH4.4H2/c1-21(2)16(10-17(21)28)26-19-15(11-22)12-25-20(27-19)24-9-7-14-5-3-4-13-6-8-23-18(13)14;1-19(2)14(9-15(19)26)24-17-12(10-20)11-22-18(25-17)21-8-7-13-5-4-6-16(23-13)27-3;1-11-8-14(17(11,2)3)21-15-12(9-18)10-20-16(22-15)19-6-4-13-5-7-24-23-13;1-16(2)12(7-13(16)23)20-14-10(8-17)9-19-15(21-14)18-5-3-11-4-6-24-22-11;;;;;;/h3-6,8,12,16-17,23,28H,7,9-10H2,1-2H3,(H2,24,25,26,27);4-6,11,14-15,26H,7-9H2,1-3H3,(H2,21,22,24,25);5,7,10-11,14H,4,6,8H2,1-3H3,(H2,19,20,21,22);4,6,9,12-13,23H,3,5,7H2,1-2H3,(H2,18,19,20,21);2*1H4;4*1H/t16-,17+;14-,15+;11-,14+;12-,13+;;;;;;/m1101....../s1. The Morgan fingerprint density at radius 2 is 0.857 bits per heavy atom. The summed E-state index contributed by atoms with van der Waals surface area (Å²) in [6, 6.07) is 26.6. The number of nitrogens with zero attached hydrogens (tertiary/aromatic N) is 15. The van der Waals surface area contributed by atoms with E-state index in [1.165, 1.54) is 35.8 Å². The van der Waals surface area contributed by atoms with Gasteiger partial charge < -0.3 is 76.6 Å². The van der Waals surface area contributed by atoms with Crippen LogP contribution < -0.4 is 47.3 Å². The van der Waals surface area contributed by atoms with Crippen LogP contribution in [0.25, 0.3) is 10.9 Å². The van der Waals surface area contributed by atoms with Crippen molar-refractivity contribution < 1.29 is 34.8 Å². The summed E-state index contributed by atoms with van der Waals surface area (Å²) in [4.78, 5) is 42.3. The van der Waals surface area contributed by atoms with Crippen molar-refractivity contribution in [3.05, 3.63) is 143 Å². The second-order valence-corrected chi connectivity index (χ2v) is 28.5. The van der Waals surface area contributed by atoms with Gasteiger partial charge in [0.25, 0.3) is 0 Å². The van der Waals surface area contributed by atoms with Crippen molar-refractivity contribution in [2.75, 3.05) is 75.8 Å². The molecule has 0 bridgehead atoms. The molecule has 0 aliphatic heterocycles. The number of aliphatic hydroxyl groups excluding tert-OH is 3. The number of hydrogen-bond acceptors (Lipinski definition) is 29. The van der Waals surface area contributed by atoms with Crippen molar-refractivity contribution in [3.63, 3.8) is 0 Å². The molecule has 13 rings (SSSR count). The van der Waals surface area contributed by atoms with Gasteiger partial charge in [-0.1, -0.05) is 112 Å². The molecule has 8 atom stereocenters. The van der Waals surface area contributed by atoms with E-state index in [1.54, 1.807) is 31.7 Å². The third-order valence-electron chi connectivity index (χ3n) is 20.6. The van der Waals surface area contributed by atoms with E-state index < -0.39 is 0 Å². The van der Waals surface area contributed by atoms with Crippen LogP contribution in [0.2, 0.25) is 0 Å². The molecular weight excluding hydrogens is 1330 g/mol. The van der Waals surface area contributed by atoms with Gasteiger partial charge in [-0.15, -0.1) is 0 Å². The average molecular weight is 1440 g/mol. The second kappa shape index (κ2) is 35.2. The van der Waals surface area contributed by atoms with Gasteiger partial charge in [0.1, 0.15) is 82.3 Å². The molecular formula is C75H106N24O6. The van der Waals surface area contributed by atoms with Gasteiger partial charge in [0.2, 0.25) is 29.7 Å². The molecule has 0 spiro atoms. The number of ether oxygens (including phenoxy) is 1. The number of nitrogens with one attached hydrogen (secondary N) is 9. The van der Waals surface area contributed by atoms with Crippen LogP contribution >= 0.6 is 0 Å². The summed E-state index contributed by atoms with van der Waals surface area (Å²) >= 11 is 0. The van der Waals surface area contributed by atoms with Crippen LogP contribution in [0.4, 0.5) is 47.1 Å². The fourth-order valence-electron chi connectivity index (χ4n) is 12.1. The number of H-pyrrole nitrogens is 1. The van der Waals surface area contributed by atoms with Crippen LogP contribution in [0.3, 0.4) is 0 Å². The molecule has 0 radical (unpaired) electrons. The lowest BCUT2D eigenvalue weighted by Crippen LogP contribution is -2.57. The molecule has 30 heteroatoms. The number of aromatic amines is 1. The van der Waals surface area contributed by atoms with Crippen molar-refractivity contribution in [2.24, 2.45) is 27.6 Å². The van der Waals surface area contributed by atoms with Gasteiger partial charge in [0.05, 0.1) is 61.6 Å².